The molecule has 2 N–H and O–H groups in total. The molecule has 1 aromatic carbocycles. The Morgan fingerprint density at radius 2 is 1.90 bits per heavy atom. The van der Waals surface area contributed by atoms with Crippen LogP contribution in [0, 0.1) is 12.3 Å². The fraction of sp³-hybridized carbons (Fsp3) is 0.588. The highest BCUT2D eigenvalue weighted by atomic mass is 16.2. The van der Waals surface area contributed by atoms with Gasteiger partial charge in [-0.3, -0.25) is 4.79 Å². The molecule has 1 aromatic rings. The SMILES string of the molecule is CCC1(C(=O)N[C@@H](C)c2ccc(C)cc2)CCNCC1. The van der Waals surface area contributed by atoms with Crippen molar-refractivity contribution in [1.29, 1.82) is 0 Å². The minimum Gasteiger partial charge on any atom is -0.349 e. The van der Waals surface area contributed by atoms with Gasteiger partial charge < -0.3 is 10.6 Å². The number of nitrogens with one attached hydrogen (secondary N) is 2. The van der Waals surface area contributed by atoms with Crippen LogP contribution < -0.4 is 10.6 Å². The molecule has 1 aliphatic rings. The summed E-state index contributed by atoms with van der Waals surface area (Å²) in [6.45, 7) is 8.16. The Bertz CT molecular complexity index is 447. The van der Waals surface area contributed by atoms with Gasteiger partial charge in [0, 0.05) is 0 Å². The van der Waals surface area contributed by atoms with Crippen LogP contribution in [-0.4, -0.2) is 19.0 Å². The molecule has 1 amide bonds. The van der Waals surface area contributed by atoms with Gasteiger partial charge in [-0.2, -0.15) is 0 Å². The molecule has 2 rings (SSSR count). The van der Waals surface area contributed by atoms with Gasteiger partial charge in [-0.05, 0) is 51.8 Å². The second kappa shape index (κ2) is 6.40. The normalized spacial score (nSPS) is 19.4. The maximum Gasteiger partial charge on any atom is 0.226 e. The summed E-state index contributed by atoms with van der Waals surface area (Å²) in [6, 6.07) is 8.46. The Morgan fingerprint density at radius 1 is 1.30 bits per heavy atom. The molecule has 20 heavy (non-hydrogen) atoms. The molecule has 1 fully saturated rings. The van der Waals surface area contributed by atoms with Crippen LogP contribution in [0.2, 0.25) is 0 Å². The number of carbonyl (C=O) groups excluding carboxylic acids is 1. The van der Waals surface area contributed by atoms with E-state index in [1.807, 2.05) is 0 Å². The van der Waals surface area contributed by atoms with Crippen LogP contribution in [0.1, 0.15) is 50.3 Å². The zero-order chi connectivity index (χ0) is 14.6. The topological polar surface area (TPSA) is 41.1 Å². The van der Waals surface area contributed by atoms with Crippen molar-refractivity contribution in [3.63, 3.8) is 0 Å². The molecule has 0 aromatic heterocycles. The summed E-state index contributed by atoms with van der Waals surface area (Å²) >= 11 is 0. The maximum absolute atomic E-state index is 12.7. The second-order valence-corrected chi connectivity index (χ2v) is 5.99. The highest BCUT2D eigenvalue weighted by molar-refractivity contribution is 5.83. The van der Waals surface area contributed by atoms with Gasteiger partial charge in [0.15, 0.2) is 0 Å². The molecule has 0 aliphatic carbocycles. The molecule has 0 unspecified atom stereocenters. The highest BCUT2D eigenvalue weighted by Gasteiger charge is 2.38. The average Bonchev–Trinajstić information content (AvgIpc) is 2.48. The van der Waals surface area contributed by atoms with Gasteiger partial charge in [-0.25, -0.2) is 0 Å². The minimum absolute atomic E-state index is 0.0708. The van der Waals surface area contributed by atoms with E-state index in [0.717, 1.165) is 32.4 Å². The van der Waals surface area contributed by atoms with E-state index < -0.39 is 0 Å². The predicted molar refractivity (Wildman–Crippen MR) is 82.6 cm³/mol. The molecule has 1 aliphatic heterocycles. The van der Waals surface area contributed by atoms with Gasteiger partial charge >= 0.3 is 0 Å². The van der Waals surface area contributed by atoms with Crippen LogP contribution in [0.3, 0.4) is 0 Å². The van der Waals surface area contributed by atoms with Gasteiger partial charge in [0.05, 0.1) is 11.5 Å². The van der Waals surface area contributed by atoms with Gasteiger partial charge in [0.25, 0.3) is 0 Å². The predicted octanol–water partition coefficient (Wildman–Crippen LogP) is 2.95. The van der Waals surface area contributed by atoms with Gasteiger partial charge in [0.2, 0.25) is 5.91 Å². The Balaban J connectivity index is 2.04. The minimum atomic E-state index is -0.176. The van der Waals surface area contributed by atoms with E-state index in [4.69, 9.17) is 0 Å². The van der Waals surface area contributed by atoms with E-state index in [-0.39, 0.29) is 17.4 Å². The Kier molecular flexibility index (Phi) is 4.81. The third kappa shape index (κ3) is 3.21. The standard InChI is InChI=1S/C17H26N2O/c1-4-17(9-11-18-12-10-17)16(20)19-14(3)15-7-5-13(2)6-8-15/h5-8,14,18H,4,9-12H2,1-3H3,(H,19,20)/t14-/m0/s1. The number of rotatable bonds is 4. The first-order chi connectivity index (χ1) is 9.57. The van der Waals surface area contributed by atoms with Crippen molar-refractivity contribution in [1.82, 2.24) is 10.6 Å². The van der Waals surface area contributed by atoms with Crippen molar-refractivity contribution in [3.05, 3.63) is 35.4 Å². The zero-order valence-electron chi connectivity index (χ0n) is 12.8. The number of hydrogen-bond donors (Lipinski definition) is 2. The lowest BCUT2D eigenvalue weighted by molar-refractivity contribution is -0.133. The first-order valence-corrected chi connectivity index (χ1v) is 7.66. The summed E-state index contributed by atoms with van der Waals surface area (Å²) < 4.78 is 0. The lowest BCUT2D eigenvalue weighted by Gasteiger charge is -2.36. The number of piperidine rings is 1. The summed E-state index contributed by atoms with van der Waals surface area (Å²) in [6.07, 6.45) is 2.80. The van der Waals surface area contributed by atoms with E-state index in [1.54, 1.807) is 0 Å². The molecular formula is C17H26N2O. The van der Waals surface area contributed by atoms with E-state index in [2.05, 4.69) is 55.7 Å². The van der Waals surface area contributed by atoms with E-state index >= 15 is 0 Å². The van der Waals surface area contributed by atoms with Crippen molar-refractivity contribution in [2.24, 2.45) is 5.41 Å². The lowest BCUT2D eigenvalue weighted by Crippen LogP contribution is -2.47. The largest absolute Gasteiger partial charge is 0.349 e. The molecule has 0 saturated carbocycles. The summed E-state index contributed by atoms with van der Waals surface area (Å²) in [5.74, 6) is 0.217. The molecule has 1 saturated heterocycles. The molecule has 3 nitrogen and oxygen atoms in total. The van der Waals surface area contributed by atoms with Gasteiger partial charge in [-0.1, -0.05) is 36.8 Å². The van der Waals surface area contributed by atoms with Crippen LogP contribution in [0.15, 0.2) is 24.3 Å². The summed E-state index contributed by atoms with van der Waals surface area (Å²) in [7, 11) is 0. The molecule has 1 heterocycles. The zero-order valence-corrected chi connectivity index (χ0v) is 12.8. The number of amides is 1. The number of carbonyl (C=O) groups is 1. The molecule has 1 atom stereocenters. The van der Waals surface area contributed by atoms with Crippen molar-refractivity contribution in [3.8, 4) is 0 Å². The van der Waals surface area contributed by atoms with Gasteiger partial charge in [0.1, 0.15) is 0 Å². The smallest absolute Gasteiger partial charge is 0.226 e. The van der Waals surface area contributed by atoms with Crippen LogP contribution in [0.4, 0.5) is 0 Å². The third-order valence-electron chi connectivity index (χ3n) is 4.64. The maximum atomic E-state index is 12.7. The van der Waals surface area contributed by atoms with Crippen LogP contribution in [0.25, 0.3) is 0 Å². The monoisotopic (exact) mass is 274 g/mol. The van der Waals surface area contributed by atoms with Crippen molar-refractivity contribution in [2.75, 3.05) is 13.1 Å². The number of benzene rings is 1. The first-order valence-electron chi connectivity index (χ1n) is 7.66. The van der Waals surface area contributed by atoms with Crippen molar-refractivity contribution in [2.45, 2.75) is 46.1 Å². The first kappa shape index (κ1) is 15.0. The summed E-state index contributed by atoms with van der Waals surface area (Å²) in [5, 5.41) is 6.55. The highest BCUT2D eigenvalue weighted by Crippen LogP contribution is 2.33. The molecule has 3 heteroatoms. The molecular weight excluding hydrogens is 248 g/mol. The van der Waals surface area contributed by atoms with E-state index in [9.17, 15) is 4.79 Å². The van der Waals surface area contributed by atoms with E-state index in [1.165, 1.54) is 11.1 Å². The summed E-state index contributed by atoms with van der Waals surface area (Å²) in [4.78, 5) is 12.7. The van der Waals surface area contributed by atoms with Gasteiger partial charge in [-0.15, -0.1) is 0 Å². The van der Waals surface area contributed by atoms with Crippen molar-refractivity contribution < 1.29 is 4.79 Å². The average molecular weight is 274 g/mol. The Morgan fingerprint density at radius 3 is 2.45 bits per heavy atom. The van der Waals surface area contributed by atoms with Crippen LogP contribution >= 0.6 is 0 Å². The lowest BCUT2D eigenvalue weighted by atomic mass is 9.75. The Labute approximate surface area is 122 Å². The second-order valence-electron chi connectivity index (χ2n) is 5.99. The number of aryl methyl sites for hydroxylation is 1. The molecule has 0 spiro atoms. The third-order valence-corrected chi connectivity index (χ3v) is 4.64. The quantitative estimate of drug-likeness (QED) is 0.886. The molecule has 0 radical (unpaired) electrons. The fourth-order valence-corrected chi connectivity index (χ4v) is 2.93. The number of hydrogen-bond acceptors (Lipinski definition) is 2. The van der Waals surface area contributed by atoms with Crippen LogP contribution in [-0.2, 0) is 4.79 Å². The van der Waals surface area contributed by atoms with Crippen LogP contribution in [0.5, 0.6) is 0 Å². The molecule has 110 valence electrons. The van der Waals surface area contributed by atoms with Crippen molar-refractivity contribution >= 4 is 5.91 Å². The summed E-state index contributed by atoms with van der Waals surface area (Å²) in [5.41, 5.74) is 2.24. The van der Waals surface area contributed by atoms with E-state index in [0.29, 0.717) is 0 Å². The Hall–Kier alpha value is -1.35. The fourth-order valence-electron chi connectivity index (χ4n) is 2.93. The molecule has 0 bridgehead atoms.